The summed E-state index contributed by atoms with van der Waals surface area (Å²) in [6, 6.07) is 14.7. The van der Waals surface area contributed by atoms with Crippen molar-refractivity contribution >= 4 is 38.7 Å². The van der Waals surface area contributed by atoms with Crippen molar-refractivity contribution in [1.29, 1.82) is 0 Å². The highest BCUT2D eigenvalue weighted by Gasteiger charge is 2.21. The third kappa shape index (κ3) is 3.64. The van der Waals surface area contributed by atoms with Crippen LogP contribution >= 0.6 is 11.3 Å². The molecule has 9 nitrogen and oxygen atoms in total. The number of carbonyl (C=O) groups is 1. The number of pyridine rings is 1. The van der Waals surface area contributed by atoms with E-state index in [2.05, 4.69) is 25.5 Å². The molecule has 0 aliphatic heterocycles. The van der Waals surface area contributed by atoms with Crippen LogP contribution in [0.15, 0.2) is 63.6 Å². The quantitative estimate of drug-likeness (QED) is 0.437. The Kier molecular flexibility index (Phi) is 4.68. The molecule has 0 radical (unpaired) electrons. The smallest absolute Gasteiger partial charge is 0.322 e. The summed E-state index contributed by atoms with van der Waals surface area (Å²) in [5.41, 5.74) is 2.46. The number of fused-ring (bicyclic) bond motifs is 1. The first-order valence-electron chi connectivity index (χ1n) is 9.31. The van der Waals surface area contributed by atoms with Gasteiger partial charge in [-0.1, -0.05) is 46.8 Å². The topological polar surface area (TPSA) is 110 Å². The Morgan fingerprint density at radius 1 is 1.06 bits per heavy atom. The first-order valence-corrected chi connectivity index (χ1v) is 10.1. The van der Waals surface area contributed by atoms with Gasteiger partial charge in [0.1, 0.15) is 0 Å². The van der Waals surface area contributed by atoms with Gasteiger partial charge >= 0.3 is 6.01 Å². The zero-order valence-corrected chi connectivity index (χ0v) is 17.4. The molecule has 10 heteroatoms. The summed E-state index contributed by atoms with van der Waals surface area (Å²) in [7, 11) is 3.79. The molecule has 0 atom stereocenters. The molecule has 4 heterocycles. The van der Waals surface area contributed by atoms with Gasteiger partial charge in [-0.25, -0.2) is 4.98 Å². The van der Waals surface area contributed by atoms with Gasteiger partial charge in [-0.15, -0.1) is 5.10 Å². The Balaban J connectivity index is 1.55. The highest BCUT2D eigenvalue weighted by atomic mass is 32.1. The van der Waals surface area contributed by atoms with Gasteiger partial charge in [0.15, 0.2) is 16.5 Å². The van der Waals surface area contributed by atoms with Gasteiger partial charge in [-0.05, 0) is 18.2 Å². The molecule has 0 saturated heterocycles. The maximum absolute atomic E-state index is 13.2. The predicted molar refractivity (Wildman–Crippen MR) is 117 cm³/mol. The summed E-state index contributed by atoms with van der Waals surface area (Å²) in [6.07, 6.45) is 1.50. The Hall–Kier alpha value is -4.05. The van der Waals surface area contributed by atoms with E-state index in [9.17, 15) is 4.79 Å². The monoisotopic (exact) mass is 432 g/mol. The zero-order valence-electron chi connectivity index (χ0n) is 16.6. The lowest BCUT2D eigenvalue weighted by atomic mass is 10.1. The summed E-state index contributed by atoms with van der Waals surface area (Å²) in [5.74, 6) is 0.203. The Morgan fingerprint density at radius 3 is 2.65 bits per heavy atom. The van der Waals surface area contributed by atoms with E-state index in [0.29, 0.717) is 27.4 Å². The number of nitrogens with zero attached hydrogens (tertiary/aromatic N) is 5. The van der Waals surface area contributed by atoms with Crippen LogP contribution in [0.25, 0.3) is 33.3 Å². The van der Waals surface area contributed by atoms with Crippen LogP contribution in [-0.4, -0.2) is 40.2 Å². The van der Waals surface area contributed by atoms with Crippen LogP contribution in [0, 0.1) is 0 Å². The minimum atomic E-state index is -0.395. The number of hydrogen-bond donors (Lipinski definition) is 1. The number of rotatable bonds is 5. The molecular formula is C21H16N6O3S. The van der Waals surface area contributed by atoms with Gasteiger partial charge in [0.05, 0.1) is 22.2 Å². The summed E-state index contributed by atoms with van der Waals surface area (Å²) < 4.78 is 11.4. The van der Waals surface area contributed by atoms with Crippen molar-refractivity contribution in [1.82, 2.24) is 20.2 Å². The third-order valence-electron chi connectivity index (χ3n) is 4.42. The van der Waals surface area contributed by atoms with Crippen molar-refractivity contribution < 1.29 is 13.6 Å². The van der Waals surface area contributed by atoms with E-state index in [1.165, 1.54) is 17.6 Å². The second-order valence-electron chi connectivity index (χ2n) is 6.81. The van der Waals surface area contributed by atoms with E-state index < -0.39 is 5.91 Å². The van der Waals surface area contributed by atoms with E-state index in [1.54, 1.807) is 18.2 Å². The first-order chi connectivity index (χ1) is 15.1. The molecule has 0 bridgehead atoms. The second kappa shape index (κ2) is 7.65. The summed E-state index contributed by atoms with van der Waals surface area (Å²) in [6.45, 7) is 0. The summed E-state index contributed by atoms with van der Waals surface area (Å²) in [5, 5.41) is 11.2. The molecule has 31 heavy (non-hydrogen) atoms. The van der Waals surface area contributed by atoms with Crippen LogP contribution in [0.3, 0.4) is 0 Å². The fourth-order valence-electron chi connectivity index (χ4n) is 2.96. The minimum absolute atomic E-state index is 0.0278. The fourth-order valence-corrected chi connectivity index (χ4v) is 3.90. The van der Waals surface area contributed by atoms with Gasteiger partial charge in [-0.2, -0.15) is 4.98 Å². The van der Waals surface area contributed by atoms with Crippen LogP contribution in [0.1, 0.15) is 10.4 Å². The van der Waals surface area contributed by atoms with Crippen LogP contribution < -0.4 is 10.2 Å². The first kappa shape index (κ1) is 18.9. The standard InChI is InChI=1S/C21H16N6O3S/c1-27(2)21-23-17-16(31-21)13(11-14(22-17)12-7-4-3-5-8-12)18(28)24-20-26-25-19(30-20)15-9-6-10-29-15/h3-11H,1-2H3,(H,24,26,28). The maximum atomic E-state index is 13.2. The van der Waals surface area contributed by atoms with E-state index in [0.717, 1.165) is 10.7 Å². The molecule has 4 aromatic heterocycles. The number of benzene rings is 1. The van der Waals surface area contributed by atoms with Crippen LogP contribution in [0.2, 0.25) is 0 Å². The maximum Gasteiger partial charge on any atom is 0.322 e. The van der Waals surface area contributed by atoms with Crippen molar-refractivity contribution in [3.05, 3.63) is 60.4 Å². The number of furan rings is 1. The van der Waals surface area contributed by atoms with Gasteiger partial charge in [0, 0.05) is 19.7 Å². The molecule has 0 saturated carbocycles. The molecule has 5 aromatic rings. The normalized spacial score (nSPS) is 11.0. The number of nitrogens with one attached hydrogen (secondary N) is 1. The highest BCUT2D eigenvalue weighted by molar-refractivity contribution is 7.22. The lowest BCUT2D eigenvalue weighted by Crippen LogP contribution is -2.13. The van der Waals surface area contributed by atoms with Crippen molar-refractivity contribution in [3.8, 4) is 22.9 Å². The lowest BCUT2D eigenvalue weighted by Gasteiger charge is -2.06. The molecule has 1 N–H and O–H groups in total. The number of aromatic nitrogens is 4. The van der Waals surface area contributed by atoms with E-state index in [-0.39, 0.29) is 11.9 Å². The van der Waals surface area contributed by atoms with Gasteiger partial charge in [0.2, 0.25) is 0 Å². The van der Waals surface area contributed by atoms with Crippen molar-refractivity contribution in [2.45, 2.75) is 0 Å². The molecule has 0 unspecified atom stereocenters. The largest absolute Gasteiger partial charge is 0.459 e. The fraction of sp³-hybridized carbons (Fsp3) is 0.0952. The minimum Gasteiger partial charge on any atom is -0.459 e. The third-order valence-corrected chi connectivity index (χ3v) is 5.67. The molecule has 5 rings (SSSR count). The van der Waals surface area contributed by atoms with Crippen molar-refractivity contribution in [2.24, 2.45) is 0 Å². The lowest BCUT2D eigenvalue weighted by molar-refractivity contribution is 0.102. The summed E-state index contributed by atoms with van der Waals surface area (Å²) in [4.78, 5) is 24.3. The number of amides is 1. The zero-order chi connectivity index (χ0) is 21.4. The highest BCUT2D eigenvalue weighted by Crippen LogP contribution is 2.33. The molecule has 0 fully saturated rings. The Morgan fingerprint density at radius 2 is 1.90 bits per heavy atom. The molecule has 1 aromatic carbocycles. The summed E-state index contributed by atoms with van der Waals surface area (Å²) >= 11 is 1.39. The Bertz CT molecular complexity index is 1360. The van der Waals surface area contributed by atoms with E-state index in [1.807, 2.05) is 49.3 Å². The van der Waals surface area contributed by atoms with Crippen molar-refractivity contribution in [3.63, 3.8) is 0 Å². The Labute approximate surface area is 180 Å². The molecular weight excluding hydrogens is 416 g/mol. The molecule has 154 valence electrons. The average Bonchev–Trinajstić information content (AvgIpc) is 3.53. The molecule has 0 aliphatic rings. The van der Waals surface area contributed by atoms with Gasteiger partial charge in [0.25, 0.3) is 11.8 Å². The number of anilines is 2. The number of carbonyl (C=O) groups excluding carboxylic acids is 1. The number of hydrogen-bond acceptors (Lipinski definition) is 9. The SMILES string of the molecule is CN(C)c1nc2nc(-c3ccccc3)cc(C(=O)Nc3nnc(-c4ccco4)o3)c2s1. The molecule has 0 aliphatic carbocycles. The van der Waals surface area contributed by atoms with Crippen LogP contribution in [-0.2, 0) is 0 Å². The van der Waals surface area contributed by atoms with Crippen LogP contribution in [0.5, 0.6) is 0 Å². The van der Waals surface area contributed by atoms with E-state index in [4.69, 9.17) is 8.83 Å². The van der Waals surface area contributed by atoms with Gasteiger partial charge < -0.3 is 13.7 Å². The van der Waals surface area contributed by atoms with E-state index >= 15 is 0 Å². The predicted octanol–water partition coefficient (Wildman–Crippen LogP) is 4.32. The number of thiazole rings is 1. The van der Waals surface area contributed by atoms with Crippen LogP contribution in [0.4, 0.5) is 11.1 Å². The average molecular weight is 432 g/mol. The molecule has 0 spiro atoms. The second-order valence-corrected chi connectivity index (χ2v) is 7.79. The molecule has 1 amide bonds. The van der Waals surface area contributed by atoms with Crippen molar-refractivity contribution in [2.75, 3.05) is 24.3 Å². The van der Waals surface area contributed by atoms with Gasteiger partial charge in [-0.3, -0.25) is 10.1 Å².